The van der Waals surface area contributed by atoms with Gasteiger partial charge in [0.05, 0.1) is 18.8 Å². The summed E-state index contributed by atoms with van der Waals surface area (Å²) in [6.07, 6.45) is 1.71. The fourth-order valence-electron chi connectivity index (χ4n) is 1.49. The molecule has 3 N–H and O–H groups in total. The number of hydrogen-bond acceptors (Lipinski definition) is 4. The molecular formula is C13H18N2O2. The van der Waals surface area contributed by atoms with Crippen LogP contribution in [0.2, 0.25) is 0 Å². The second kappa shape index (κ2) is 6.06. The highest BCUT2D eigenvalue weighted by atomic mass is 16.5. The number of methoxy groups -OCH3 is 1. The molecule has 0 aromatic heterocycles. The van der Waals surface area contributed by atoms with Gasteiger partial charge in [-0.25, -0.2) is 0 Å². The lowest BCUT2D eigenvalue weighted by atomic mass is 10.0. The van der Waals surface area contributed by atoms with Crippen LogP contribution >= 0.6 is 0 Å². The summed E-state index contributed by atoms with van der Waals surface area (Å²) in [4.78, 5) is 12.0. The number of nitrogen functional groups attached to an aromatic ring is 1. The Labute approximate surface area is 101 Å². The summed E-state index contributed by atoms with van der Waals surface area (Å²) in [6.45, 7) is 6.00. The van der Waals surface area contributed by atoms with Crippen LogP contribution in [0.5, 0.6) is 5.75 Å². The number of nitrogens with one attached hydrogen (secondary N) is 1. The average Bonchev–Trinajstić information content (AvgIpc) is 2.34. The number of nitrogens with two attached hydrogens (primary N) is 1. The molecule has 92 valence electrons. The largest absolute Gasteiger partial charge is 0.495 e. The zero-order valence-electron chi connectivity index (χ0n) is 10.2. The van der Waals surface area contributed by atoms with Crippen molar-refractivity contribution < 1.29 is 9.53 Å². The van der Waals surface area contributed by atoms with Crippen molar-refractivity contribution >= 4 is 11.5 Å². The molecule has 17 heavy (non-hydrogen) atoms. The second-order valence-electron chi connectivity index (χ2n) is 3.74. The predicted octanol–water partition coefficient (Wildman–Crippen LogP) is 1.62. The third-order valence-electron chi connectivity index (χ3n) is 2.48. The van der Waals surface area contributed by atoms with Crippen molar-refractivity contribution in [3.63, 3.8) is 0 Å². The monoisotopic (exact) mass is 234 g/mol. The van der Waals surface area contributed by atoms with Crippen LogP contribution in [0.4, 0.5) is 5.69 Å². The van der Waals surface area contributed by atoms with Crippen molar-refractivity contribution in [2.75, 3.05) is 19.4 Å². The molecule has 0 spiro atoms. The normalized spacial score (nSPS) is 11.9. The van der Waals surface area contributed by atoms with Gasteiger partial charge in [0.25, 0.3) is 0 Å². The molecule has 1 aromatic rings. The van der Waals surface area contributed by atoms with Gasteiger partial charge in [0.1, 0.15) is 5.75 Å². The maximum atomic E-state index is 12.0. The van der Waals surface area contributed by atoms with E-state index in [2.05, 4.69) is 11.9 Å². The van der Waals surface area contributed by atoms with Gasteiger partial charge in [-0.1, -0.05) is 6.08 Å². The molecule has 0 bridgehead atoms. The number of anilines is 1. The van der Waals surface area contributed by atoms with Crippen molar-refractivity contribution in [2.24, 2.45) is 0 Å². The van der Waals surface area contributed by atoms with E-state index in [1.807, 2.05) is 6.92 Å². The van der Waals surface area contributed by atoms with Crippen LogP contribution < -0.4 is 15.8 Å². The highest BCUT2D eigenvalue weighted by Gasteiger charge is 2.15. The molecule has 0 heterocycles. The van der Waals surface area contributed by atoms with E-state index in [1.165, 1.54) is 0 Å². The highest BCUT2D eigenvalue weighted by molar-refractivity contribution is 6.00. The summed E-state index contributed by atoms with van der Waals surface area (Å²) >= 11 is 0. The standard InChI is InChI=1S/C13H18N2O2/c1-4-7-15-9(2)13(16)10-5-6-12(17-3)11(14)8-10/h4-6,8-9,15H,1,7,14H2,2-3H3. The zero-order chi connectivity index (χ0) is 12.8. The number of ketones is 1. The number of rotatable bonds is 6. The molecule has 1 atom stereocenters. The van der Waals surface area contributed by atoms with E-state index < -0.39 is 0 Å². The predicted molar refractivity (Wildman–Crippen MR) is 69.4 cm³/mol. The molecule has 4 heteroatoms. The Bertz CT molecular complexity index is 416. The fourth-order valence-corrected chi connectivity index (χ4v) is 1.49. The average molecular weight is 234 g/mol. The topological polar surface area (TPSA) is 64.3 Å². The smallest absolute Gasteiger partial charge is 0.179 e. The highest BCUT2D eigenvalue weighted by Crippen LogP contribution is 2.22. The van der Waals surface area contributed by atoms with Crippen LogP contribution in [-0.2, 0) is 0 Å². The first kappa shape index (κ1) is 13.3. The number of ether oxygens (including phenoxy) is 1. The van der Waals surface area contributed by atoms with Gasteiger partial charge in [0, 0.05) is 12.1 Å². The number of carbonyl (C=O) groups is 1. The molecule has 0 amide bonds. The Hall–Kier alpha value is -1.81. The maximum absolute atomic E-state index is 12.0. The van der Waals surface area contributed by atoms with Crippen LogP contribution in [0.3, 0.4) is 0 Å². The zero-order valence-corrected chi connectivity index (χ0v) is 10.2. The van der Waals surface area contributed by atoms with Gasteiger partial charge in [0.2, 0.25) is 0 Å². The summed E-state index contributed by atoms with van der Waals surface area (Å²) in [7, 11) is 1.54. The van der Waals surface area contributed by atoms with Crippen molar-refractivity contribution in [1.82, 2.24) is 5.32 Å². The minimum Gasteiger partial charge on any atom is -0.495 e. The Morgan fingerprint density at radius 3 is 2.88 bits per heavy atom. The Kier molecular flexibility index (Phi) is 4.72. The van der Waals surface area contributed by atoms with Crippen LogP contribution in [-0.4, -0.2) is 25.5 Å². The van der Waals surface area contributed by atoms with E-state index in [0.29, 0.717) is 23.5 Å². The Morgan fingerprint density at radius 2 is 2.35 bits per heavy atom. The second-order valence-corrected chi connectivity index (χ2v) is 3.74. The molecule has 4 nitrogen and oxygen atoms in total. The van der Waals surface area contributed by atoms with Crippen LogP contribution in [0, 0.1) is 0 Å². The Balaban J connectivity index is 2.82. The quantitative estimate of drug-likeness (QED) is 0.446. The molecule has 1 aromatic carbocycles. The molecule has 1 unspecified atom stereocenters. The van der Waals surface area contributed by atoms with E-state index in [4.69, 9.17) is 10.5 Å². The minimum atomic E-state index is -0.263. The number of benzene rings is 1. The van der Waals surface area contributed by atoms with Gasteiger partial charge < -0.3 is 15.8 Å². The molecule has 0 aliphatic rings. The number of Topliss-reactive ketones (excluding diaryl/α,β-unsaturated/α-hetero) is 1. The van der Waals surface area contributed by atoms with Gasteiger partial charge >= 0.3 is 0 Å². The molecular weight excluding hydrogens is 216 g/mol. The number of hydrogen-bond donors (Lipinski definition) is 2. The van der Waals surface area contributed by atoms with Gasteiger partial charge in [-0.05, 0) is 25.1 Å². The molecule has 0 aliphatic carbocycles. The van der Waals surface area contributed by atoms with Crippen molar-refractivity contribution in [3.8, 4) is 5.75 Å². The molecule has 1 rings (SSSR count). The van der Waals surface area contributed by atoms with E-state index in [-0.39, 0.29) is 11.8 Å². The van der Waals surface area contributed by atoms with E-state index >= 15 is 0 Å². The van der Waals surface area contributed by atoms with E-state index in [1.54, 1.807) is 31.4 Å². The van der Waals surface area contributed by atoms with E-state index in [9.17, 15) is 4.79 Å². The van der Waals surface area contributed by atoms with Crippen molar-refractivity contribution in [2.45, 2.75) is 13.0 Å². The molecule has 0 saturated heterocycles. The SMILES string of the molecule is C=CCNC(C)C(=O)c1ccc(OC)c(N)c1. The summed E-state index contributed by atoms with van der Waals surface area (Å²) in [6, 6.07) is 4.78. The first-order valence-electron chi connectivity index (χ1n) is 5.42. The van der Waals surface area contributed by atoms with Crippen LogP contribution in [0.25, 0.3) is 0 Å². The lowest BCUT2D eigenvalue weighted by Crippen LogP contribution is -2.34. The summed E-state index contributed by atoms with van der Waals surface area (Å²) in [5.41, 5.74) is 6.80. The van der Waals surface area contributed by atoms with Gasteiger partial charge in [-0.3, -0.25) is 4.79 Å². The molecule has 0 saturated carbocycles. The lowest BCUT2D eigenvalue weighted by molar-refractivity contribution is 0.0953. The van der Waals surface area contributed by atoms with Crippen LogP contribution in [0.15, 0.2) is 30.9 Å². The first-order chi connectivity index (χ1) is 8.10. The summed E-state index contributed by atoms with van der Waals surface area (Å²) < 4.78 is 5.04. The first-order valence-corrected chi connectivity index (χ1v) is 5.42. The van der Waals surface area contributed by atoms with Crippen molar-refractivity contribution in [1.29, 1.82) is 0 Å². The number of carbonyl (C=O) groups excluding carboxylic acids is 1. The van der Waals surface area contributed by atoms with Gasteiger partial charge in [-0.15, -0.1) is 6.58 Å². The van der Waals surface area contributed by atoms with Crippen LogP contribution in [0.1, 0.15) is 17.3 Å². The molecule has 0 radical (unpaired) electrons. The van der Waals surface area contributed by atoms with Gasteiger partial charge in [0.15, 0.2) is 5.78 Å². The van der Waals surface area contributed by atoms with E-state index in [0.717, 1.165) is 0 Å². The Morgan fingerprint density at radius 1 is 1.65 bits per heavy atom. The maximum Gasteiger partial charge on any atom is 0.179 e. The van der Waals surface area contributed by atoms with Crippen molar-refractivity contribution in [3.05, 3.63) is 36.4 Å². The van der Waals surface area contributed by atoms with Gasteiger partial charge in [-0.2, -0.15) is 0 Å². The molecule has 0 fully saturated rings. The third-order valence-corrected chi connectivity index (χ3v) is 2.48. The summed E-state index contributed by atoms with van der Waals surface area (Å²) in [5, 5.41) is 3.04. The molecule has 0 aliphatic heterocycles. The lowest BCUT2D eigenvalue weighted by Gasteiger charge is -2.12. The summed E-state index contributed by atoms with van der Waals surface area (Å²) in [5.74, 6) is 0.578. The third kappa shape index (κ3) is 3.32. The fraction of sp³-hybridized carbons (Fsp3) is 0.308. The minimum absolute atomic E-state index is 0.00111.